The predicted octanol–water partition coefficient (Wildman–Crippen LogP) is 2.66. The van der Waals surface area contributed by atoms with Gasteiger partial charge in [0.15, 0.2) is 0 Å². The second-order valence-electron chi connectivity index (χ2n) is 5.03. The van der Waals surface area contributed by atoms with E-state index in [9.17, 15) is 9.90 Å². The summed E-state index contributed by atoms with van der Waals surface area (Å²) in [5.41, 5.74) is 0.778. The predicted molar refractivity (Wildman–Crippen MR) is 75.5 cm³/mol. The minimum Gasteiger partial charge on any atom is -0.480 e. The van der Waals surface area contributed by atoms with Crippen LogP contribution in [0.4, 0.5) is 0 Å². The summed E-state index contributed by atoms with van der Waals surface area (Å²) in [6.07, 6.45) is 1.98. The van der Waals surface area contributed by atoms with E-state index in [1.807, 2.05) is 24.4 Å². The fourth-order valence-electron chi connectivity index (χ4n) is 2.19. The number of carboxylic acid groups (broad SMARTS) is 1. The molecule has 2 heterocycles. The van der Waals surface area contributed by atoms with Crippen LogP contribution >= 0.6 is 11.3 Å². The molecule has 1 saturated carbocycles. The minimum atomic E-state index is -0.785. The normalized spacial score (nSPS) is 16.2. The molecule has 2 aromatic heterocycles. The average molecular weight is 292 g/mol. The zero-order chi connectivity index (χ0) is 14.1. The molecule has 0 radical (unpaired) electrons. The van der Waals surface area contributed by atoms with Gasteiger partial charge < -0.3 is 9.52 Å². The molecule has 3 rings (SSSR count). The number of rotatable bonds is 6. The minimum absolute atomic E-state index is 0.261. The highest BCUT2D eigenvalue weighted by atomic mass is 32.1. The molecule has 0 spiro atoms. The highest BCUT2D eigenvalue weighted by Crippen LogP contribution is 2.33. The molecule has 6 heteroatoms. The van der Waals surface area contributed by atoms with Gasteiger partial charge >= 0.3 is 5.97 Å². The van der Waals surface area contributed by atoms with Gasteiger partial charge in [-0.25, -0.2) is 4.98 Å². The van der Waals surface area contributed by atoms with E-state index in [0.29, 0.717) is 12.4 Å². The van der Waals surface area contributed by atoms with Gasteiger partial charge in [-0.2, -0.15) is 0 Å². The monoisotopic (exact) mass is 292 g/mol. The lowest BCUT2D eigenvalue weighted by Crippen LogP contribution is -2.38. The molecule has 1 aliphatic carbocycles. The van der Waals surface area contributed by atoms with Gasteiger partial charge in [0.05, 0.1) is 10.6 Å². The number of hydrogen-bond acceptors (Lipinski definition) is 5. The van der Waals surface area contributed by atoms with Crippen molar-refractivity contribution in [3.8, 4) is 10.8 Å². The van der Waals surface area contributed by atoms with Crippen LogP contribution in [0.5, 0.6) is 0 Å². The maximum atomic E-state index is 11.2. The van der Waals surface area contributed by atoms with E-state index in [1.165, 1.54) is 0 Å². The third-order valence-electron chi connectivity index (χ3n) is 3.47. The van der Waals surface area contributed by atoms with Crippen molar-refractivity contribution in [3.05, 3.63) is 29.0 Å². The molecule has 0 amide bonds. The number of nitrogens with zero attached hydrogens (tertiary/aromatic N) is 1. The van der Waals surface area contributed by atoms with Gasteiger partial charge in [-0.3, -0.25) is 10.1 Å². The van der Waals surface area contributed by atoms with Crippen molar-refractivity contribution in [2.45, 2.75) is 32.4 Å². The number of carboxylic acids is 1. The topological polar surface area (TPSA) is 75.4 Å². The van der Waals surface area contributed by atoms with Crippen LogP contribution in [-0.4, -0.2) is 22.1 Å². The molecule has 0 aromatic carbocycles. The largest absolute Gasteiger partial charge is 0.480 e. The maximum Gasteiger partial charge on any atom is 0.320 e. The Labute approximate surface area is 120 Å². The number of aromatic nitrogens is 1. The number of carbonyl (C=O) groups is 1. The number of hydrogen-bond donors (Lipinski definition) is 2. The summed E-state index contributed by atoms with van der Waals surface area (Å²) in [6.45, 7) is 2.28. The van der Waals surface area contributed by atoms with Gasteiger partial charge in [-0.05, 0) is 37.1 Å². The summed E-state index contributed by atoms with van der Waals surface area (Å²) in [5.74, 6) is 0.817. The Morgan fingerprint density at radius 2 is 2.45 bits per heavy atom. The molecule has 0 saturated heterocycles. The summed E-state index contributed by atoms with van der Waals surface area (Å²) < 4.78 is 5.64. The van der Waals surface area contributed by atoms with Crippen molar-refractivity contribution in [2.75, 3.05) is 0 Å². The van der Waals surface area contributed by atoms with Crippen LogP contribution in [-0.2, 0) is 11.3 Å². The molecule has 2 aromatic rings. The summed E-state index contributed by atoms with van der Waals surface area (Å²) in [7, 11) is 0. The molecular weight excluding hydrogens is 276 g/mol. The van der Waals surface area contributed by atoms with Crippen molar-refractivity contribution >= 4 is 17.3 Å². The summed E-state index contributed by atoms with van der Waals surface area (Å²) in [4.78, 5) is 16.6. The summed E-state index contributed by atoms with van der Waals surface area (Å²) in [5, 5.41) is 14.2. The number of aliphatic carboxylic acids is 1. The van der Waals surface area contributed by atoms with Crippen LogP contribution in [0.25, 0.3) is 10.8 Å². The Bertz CT molecular complexity index is 602. The Kier molecular flexibility index (Phi) is 3.58. The van der Waals surface area contributed by atoms with E-state index in [4.69, 9.17) is 4.42 Å². The zero-order valence-corrected chi connectivity index (χ0v) is 11.9. The van der Waals surface area contributed by atoms with Crippen LogP contribution in [0.15, 0.2) is 21.9 Å². The van der Waals surface area contributed by atoms with Crippen LogP contribution in [0.3, 0.4) is 0 Å². The molecule has 2 N–H and O–H groups in total. The lowest BCUT2D eigenvalue weighted by Gasteiger charge is -2.12. The zero-order valence-electron chi connectivity index (χ0n) is 11.1. The molecule has 1 unspecified atom stereocenters. The van der Waals surface area contributed by atoms with Crippen molar-refractivity contribution < 1.29 is 14.3 Å². The molecule has 0 aliphatic heterocycles. The van der Waals surface area contributed by atoms with Gasteiger partial charge in [0, 0.05) is 6.54 Å². The van der Waals surface area contributed by atoms with Crippen LogP contribution in [0, 0.1) is 12.8 Å². The molecular formula is C14H16N2O3S. The first kappa shape index (κ1) is 13.3. The highest BCUT2D eigenvalue weighted by Gasteiger charge is 2.36. The van der Waals surface area contributed by atoms with Gasteiger partial charge in [-0.1, -0.05) is 6.07 Å². The fraction of sp³-hybridized carbons (Fsp3) is 0.429. The Balaban J connectivity index is 1.70. The van der Waals surface area contributed by atoms with Crippen molar-refractivity contribution in [3.63, 3.8) is 0 Å². The van der Waals surface area contributed by atoms with Gasteiger partial charge in [-0.15, -0.1) is 11.3 Å². The summed E-state index contributed by atoms with van der Waals surface area (Å²) >= 11 is 1.57. The van der Waals surface area contributed by atoms with Crippen molar-refractivity contribution in [1.82, 2.24) is 10.3 Å². The molecule has 5 nitrogen and oxygen atoms in total. The number of aryl methyl sites for hydroxylation is 1. The average Bonchev–Trinajstić information content (AvgIpc) is 2.96. The van der Waals surface area contributed by atoms with E-state index in [0.717, 1.165) is 29.2 Å². The lowest BCUT2D eigenvalue weighted by atomic mass is 10.2. The highest BCUT2D eigenvalue weighted by molar-refractivity contribution is 7.13. The molecule has 106 valence electrons. The number of thiophene rings is 1. The van der Waals surface area contributed by atoms with E-state index in [2.05, 4.69) is 10.3 Å². The van der Waals surface area contributed by atoms with Crippen molar-refractivity contribution in [2.24, 2.45) is 5.92 Å². The molecule has 20 heavy (non-hydrogen) atoms. The quantitative estimate of drug-likeness (QED) is 0.856. The SMILES string of the molecule is Cc1oc(-c2cccs2)nc1CNC(C(=O)O)C1CC1. The summed E-state index contributed by atoms with van der Waals surface area (Å²) in [6, 6.07) is 3.43. The Morgan fingerprint density at radius 3 is 3.05 bits per heavy atom. The smallest absolute Gasteiger partial charge is 0.320 e. The standard InChI is InChI=1S/C14H16N2O3S/c1-8-10(7-15-12(14(17)18)9-4-5-9)16-13(19-8)11-3-2-6-20-11/h2-3,6,9,12,15H,4-5,7H2,1H3,(H,17,18). The second-order valence-corrected chi connectivity index (χ2v) is 5.98. The Hall–Kier alpha value is -1.66. The molecule has 0 bridgehead atoms. The third kappa shape index (κ3) is 2.76. The van der Waals surface area contributed by atoms with E-state index in [1.54, 1.807) is 11.3 Å². The fourth-order valence-corrected chi connectivity index (χ4v) is 2.84. The number of oxazole rings is 1. The van der Waals surface area contributed by atoms with Crippen LogP contribution in [0.2, 0.25) is 0 Å². The lowest BCUT2D eigenvalue weighted by molar-refractivity contribution is -0.140. The van der Waals surface area contributed by atoms with Crippen LogP contribution in [0.1, 0.15) is 24.3 Å². The first-order valence-corrected chi connectivity index (χ1v) is 7.49. The Morgan fingerprint density at radius 1 is 1.65 bits per heavy atom. The van der Waals surface area contributed by atoms with E-state index >= 15 is 0 Å². The first-order valence-electron chi connectivity index (χ1n) is 6.61. The van der Waals surface area contributed by atoms with Gasteiger partial charge in [0.25, 0.3) is 0 Å². The van der Waals surface area contributed by atoms with Gasteiger partial charge in [0.2, 0.25) is 5.89 Å². The number of nitrogens with one attached hydrogen (secondary N) is 1. The molecule has 1 aliphatic rings. The maximum absolute atomic E-state index is 11.2. The van der Waals surface area contributed by atoms with E-state index < -0.39 is 12.0 Å². The third-order valence-corrected chi connectivity index (χ3v) is 4.33. The molecule has 1 fully saturated rings. The van der Waals surface area contributed by atoms with Crippen LogP contribution < -0.4 is 5.32 Å². The van der Waals surface area contributed by atoms with E-state index in [-0.39, 0.29) is 5.92 Å². The molecule has 1 atom stereocenters. The van der Waals surface area contributed by atoms with Crippen molar-refractivity contribution in [1.29, 1.82) is 0 Å². The second kappa shape index (κ2) is 5.38. The van der Waals surface area contributed by atoms with Gasteiger partial charge in [0.1, 0.15) is 11.8 Å². The first-order chi connectivity index (χ1) is 9.65.